The van der Waals surface area contributed by atoms with Gasteiger partial charge in [-0.15, -0.1) is 0 Å². The van der Waals surface area contributed by atoms with Crippen molar-refractivity contribution in [3.8, 4) is 0 Å². The summed E-state index contributed by atoms with van der Waals surface area (Å²) in [5, 5.41) is 0. The molecule has 0 aromatic heterocycles. The van der Waals surface area contributed by atoms with Crippen LogP contribution in [0.2, 0.25) is 0 Å². The first-order chi connectivity index (χ1) is 1.41. The monoisotopic (exact) mass is 206 g/mol. The zero-order valence-electron chi connectivity index (χ0n) is 1.36. The second-order valence-corrected chi connectivity index (χ2v) is 0.267. The molecular weight excluding hydrogens is 200 g/mol. The molecule has 0 aromatic rings. The Kier molecular flexibility index (Phi) is 240. The van der Waals surface area contributed by atoms with Gasteiger partial charge in [0.15, 0.2) is 0 Å². The fourth-order valence-corrected chi connectivity index (χ4v) is 0. The second kappa shape index (κ2) is 47.6. The Morgan fingerprint density at radius 2 is 0.778 bits per heavy atom. The molecule has 0 aliphatic rings. The number of hydrogen-bond acceptors (Lipinski definition) is 1. The Morgan fingerprint density at radius 1 is 0.778 bits per heavy atom. The fraction of sp³-hybridized carbons (Fsp3) is 0. The summed E-state index contributed by atoms with van der Waals surface area (Å²) in [5.74, 6) is 0. The van der Waals surface area contributed by atoms with Crippen LogP contribution in [-0.2, 0) is 3.80 Å². The summed E-state index contributed by atoms with van der Waals surface area (Å²) >= 11 is -2.00. The van der Waals surface area contributed by atoms with E-state index in [2.05, 4.69) is 0 Å². The van der Waals surface area contributed by atoms with Crippen molar-refractivity contribution in [2.75, 3.05) is 0 Å². The van der Waals surface area contributed by atoms with E-state index in [9.17, 15) is 3.52 Å². The Hall–Kier alpha value is 6.26. The molecule has 0 bridgehead atoms. The number of halogens is 1. The van der Waals surface area contributed by atoms with Crippen molar-refractivity contribution >= 4 is 193 Å². The predicted molar refractivity (Wildman–Crippen MR) is 50.4 cm³/mol. The van der Waals surface area contributed by atoms with Crippen LogP contribution in [0.1, 0.15) is 0 Å². The molecule has 1 nitrogen and oxygen atoms in total. The van der Waals surface area contributed by atoms with Crippen LogP contribution in [-0.4, -0.2) is 193 Å². The molecule has 0 rings (SSSR count). The van der Waals surface area contributed by atoms with Crippen molar-refractivity contribution in [3.63, 3.8) is 0 Å². The van der Waals surface area contributed by atoms with Crippen LogP contribution >= 0.6 is 0 Å². The Bertz CT molecular complexity index is 20.5. The first-order valence-corrected chi connectivity index (χ1v) is 1.36. The molecule has 9 heteroatoms. The molecule has 0 N–H and O–H groups in total. The van der Waals surface area contributed by atoms with Crippen LogP contribution in [0.15, 0.2) is 0 Å². The zero-order chi connectivity index (χ0) is 2.71. The van der Waals surface area contributed by atoms with Gasteiger partial charge in [-0.2, -0.15) is 0 Å². The van der Waals surface area contributed by atoms with Gasteiger partial charge in [0.2, 0.25) is 0 Å². The third-order valence-corrected chi connectivity index (χ3v) is 0. The van der Waals surface area contributed by atoms with Gasteiger partial charge in [-0.05, 0) is 0 Å². The predicted octanol–water partition coefficient (Wildman–Crippen LogP) is -3.97. The molecule has 9 heavy (non-hydrogen) atoms. The van der Waals surface area contributed by atoms with E-state index >= 15 is 0 Å². The minimum absolute atomic E-state index is 0. The van der Waals surface area contributed by atoms with Crippen molar-refractivity contribution < 1.29 is 7.33 Å². The average Bonchev–Trinajstić information content (AvgIpc) is 0.918. The first-order valence-electron chi connectivity index (χ1n) is 0.454. The second-order valence-electron chi connectivity index (χ2n) is 0.0891. The van der Waals surface area contributed by atoms with Gasteiger partial charge in [0.25, 0.3) is 0 Å². The summed E-state index contributed by atoms with van der Waals surface area (Å²) in [6.07, 6.45) is 0. The van der Waals surface area contributed by atoms with Crippen LogP contribution in [0.25, 0.3) is 0 Å². The molecule has 0 aliphatic heterocycles. The van der Waals surface area contributed by atoms with Gasteiger partial charge in [-0.1, -0.05) is 0 Å². The van der Waals surface area contributed by atoms with Gasteiger partial charge in [0.05, 0.1) is 0 Å². The van der Waals surface area contributed by atoms with Gasteiger partial charge in [-0.25, -0.2) is 0 Å². The Labute approximate surface area is 194 Å². The number of rotatable bonds is 0. The van der Waals surface area contributed by atoms with Crippen molar-refractivity contribution in [2.24, 2.45) is 0 Å². The summed E-state index contributed by atoms with van der Waals surface area (Å²) < 4.78 is 18.2. The third-order valence-electron chi connectivity index (χ3n) is 0. The normalized spacial score (nSPS) is 1.00. The summed E-state index contributed by atoms with van der Waals surface area (Å²) in [6, 6.07) is 0. The molecule has 0 spiro atoms. The standard InChI is InChI=1S/Al.FH.6Na.O.6H/h;1H;;;;;;;;;;;;;/q+1;;;;;;;;;;;;;;/p-1. The topological polar surface area (TPSA) is 17.1 Å². The van der Waals surface area contributed by atoms with Crippen molar-refractivity contribution in [2.45, 2.75) is 0 Å². The van der Waals surface area contributed by atoms with Crippen LogP contribution in [0.4, 0.5) is 3.52 Å². The van der Waals surface area contributed by atoms with Gasteiger partial charge in [0, 0.05) is 0 Å². The van der Waals surface area contributed by atoms with Crippen LogP contribution < -0.4 is 0 Å². The van der Waals surface area contributed by atoms with E-state index in [1.807, 2.05) is 0 Å². The minimum atomic E-state index is -2.00. The van der Waals surface area contributed by atoms with Gasteiger partial charge >= 0.3 is 200 Å². The molecular formula is H6AlFNa6O. The van der Waals surface area contributed by atoms with Crippen molar-refractivity contribution in [1.82, 2.24) is 0 Å². The molecule has 0 saturated carbocycles. The van der Waals surface area contributed by atoms with E-state index in [0.717, 1.165) is 0 Å². The molecule has 28 valence electrons. The fourth-order valence-electron chi connectivity index (χ4n) is 0. The Balaban J connectivity index is -0.00000000133. The summed E-state index contributed by atoms with van der Waals surface area (Å²) in [5.41, 5.74) is 0. The molecule has 0 atom stereocenters. The van der Waals surface area contributed by atoms with E-state index in [4.69, 9.17) is 3.80 Å². The van der Waals surface area contributed by atoms with Crippen molar-refractivity contribution in [1.29, 1.82) is 0 Å². The SMILES string of the molecule is [NaH].[NaH].[NaH].[NaH].[NaH].[NaH].[O]=[Al][F]. The molecule has 0 heterocycles. The van der Waals surface area contributed by atoms with E-state index in [-0.39, 0.29) is 177 Å². The molecule has 0 saturated heterocycles. The Morgan fingerprint density at radius 3 is 0.778 bits per heavy atom. The number of hydrogen-bond donors (Lipinski definition) is 0. The average molecular weight is 206 g/mol. The summed E-state index contributed by atoms with van der Waals surface area (Å²) in [4.78, 5) is 0. The maximum absolute atomic E-state index is 9.82. The quantitative estimate of drug-likeness (QED) is 0.369. The molecule has 0 fully saturated rings. The maximum atomic E-state index is 9.82. The van der Waals surface area contributed by atoms with E-state index in [1.165, 1.54) is 0 Å². The van der Waals surface area contributed by atoms with Crippen molar-refractivity contribution in [3.05, 3.63) is 0 Å². The zero-order valence-corrected chi connectivity index (χ0v) is 2.52. The molecule has 0 aliphatic carbocycles. The third kappa shape index (κ3) is 54.7. The molecule has 0 aromatic carbocycles. The molecule has 0 radical (unpaired) electrons. The van der Waals surface area contributed by atoms with Gasteiger partial charge in [-0.3, -0.25) is 0 Å². The van der Waals surface area contributed by atoms with Gasteiger partial charge in [0.1, 0.15) is 0 Å². The summed E-state index contributed by atoms with van der Waals surface area (Å²) in [6.45, 7) is 0. The van der Waals surface area contributed by atoms with E-state index in [0.29, 0.717) is 0 Å². The van der Waals surface area contributed by atoms with Gasteiger partial charge < -0.3 is 0 Å². The van der Waals surface area contributed by atoms with Crippen LogP contribution in [0.5, 0.6) is 0 Å². The van der Waals surface area contributed by atoms with E-state index in [1.54, 1.807) is 0 Å². The van der Waals surface area contributed by atoms with E-state index < -0.39 is 15.6 Å². The summed E-state index contributed by atoms with van der Waals surface area (Å²) in [7, 11) is 0. The van der Waals surface area contributed by atoms with Crippen LogP contribution in [0, 0.1) is 0 Å². The first kappa shape index (κ1) is 45.5. The molecule has 0 unspecified atom stereocenters. The van der Waals surface area contributed by atoms with Crippen LogP contribution in [0.3, 0.4) is 0 Å². The molecule has 0 amide bonds.